The lowest BCUT2D eigenvalue weighted by molar-refractivity contribution is -0.127. The second-order valence-electron chi connectivity index (χ2n) is 6.88. The van der Waals surface area contributed by atoms with Crippen molar-refractivity contribution in [3.63, 3.8) is 0 Å². The Labute approximate surface area is 160 Å². The minimum Gasteiger partial charge on any atom is -0.481 e. The van der Waals surface area contributed by atoms with Gasteiger partial charge in [-0.3, -0.25) is 4.79 Å². The molecular formula is C22H26ClNO2. The SMILES string of the molecule is C[C@@H](Oc1cccc2c1CCCC2)C(=O)NCCCc1ccc(Cl)cc1. The number of hydrogen-bond acceptors (Lipinski definition) is 2. The van der Waals surface area contributed by atoms with E-state index >= 15 is 0 Å². The van der Waals surface area contributed by atoms with Crippen molar-refractivity contribution in [2.75, 3.05) is 6.54 Å². The van der Waals surface area contributed by atoms with Crippen LogP contribution >= 0.6 is 11.6 Å². The summed E-state index contributed by atoms with van der Waals surface area (Å²) in [5.74, 6) is 0.806. The monoisotopic (exact) mass is 371 g/mol. The number of ether oxygens (including phenoxy) is 1. The number of hydrogen-bond donors (Lipinski definition) is 1. The minimum atomic E-state index is -0.487. The number of aryl methyl sites for hydroxylation is 2. The fraction of sp³-hybridized carbons (Fsp3) is 0.409. The summed E-state index contributed by atoms with van der Waals surface area (Å²) in [6, 6.07) is 14.0. The molecule has 1 atom stereocenters. The summed E-state index contributed by atoms with van der Waals surface area (Å²) in [6.45, 7) is 2.46. The van der Waals surface area contributed by atoms with E-state index in [1.807, 2.05) is 43.3 Å². The van der Waals surface area contributed by atoms with E-state index in [2.05, 4.69) is 11.4 Å². The molecule has 0 fully saturated rings. The van der Waals surface area contributed by atoms with E-state index in [9.17, 15) is 4.79 Å². The summed E-state index contributed by atoms with van der Waals surface area (Å²) in [7, 11) is 0. The highest BCUT2D eigenvalue weighted by molar-refractivity contribution is 6.30. The van der Waals surface area contributed by atoms with E-state index in [1.165, 1.54) is 29.5 Å². The van der Waals surface area contributed by atoms with Crippen LogP contribution in [0.4, 0.5) is 0 Å². The van der Waals surface area contributed by atoms with E-state index in [4.69, 9.17) is 16.3 Å². The number of benzene rings is 2. The fourth-order valence-electron chi connectivity index (χ4n) is 3.40. The predicted octanol–water partition coefficient (Wildman–Crippen LogP) is 4.74. The van der Waals surface area contributed by atoms with Gasteiger partial charge in [0.15, 0.2) is 6.10 Å². The molecule has 0 heterocycles. The van der Waals surface area contributed by atoms with Gasteiger partial charge in [0, 0.05) is 11.6 Å². The van der Waals surface area contributed by atoms with E-state index in [0.717, 1.165) is 36.5 Å². The molecular weight excluding hydrogens is 346 g/mol. The molecule has 2 aromatic carbocycles. The number of nitrogens with one attached hydrogen (secondary N) is 1. The Morgan fingerprint density at radius 2 is 1.92 bits per heavy atom. The Bertz CT molecular complexity index is 742. The van der Waals surface area contributed by atoms with Crippen molar-refractivity contribution in [3.8, 4) is 5.75 Å². The molecule has 3 nitrogen and oxygen atoms in total. The highest BCUT2D eigenvalue weighted by atomic mass is 35.5. The van der Waals surface area contributed by atoms with Crippen molar-refractivity contribution >= 4 is 17.5 Å². The molecule has 2 aromatic rings. The van der Waals surface area contributed by atoms with Gasteiger partial charge in [-0.15, -0.1) is 0 Å². The van der Waals surface area contributed by atoms with E-state index in [-0.39, 0.29) is 5.91 Å². The van der Waals surface area contributed by atoms with Crippen LogP contribution in [0.3, 0.4) is 0 Å². The standard InChI is InChI=1S/C22H26ClNO2/c1-16(26-21-10-4-8-18-7-2-3-9-20(18)21)22(25)24-15-5-6-17-11-13-19(23)14-12-17/h4,8,10-14,16H,2-3,5-7,9,15H2,1H3,(H,24,25)/t16-/m1/s1. The summed E-state index contributed by atoms with van der Waals surface area (Å²) in [5.41, 5.74) is 3.87. The van der Waals surface area contributed by atoms with Crippen molar-refractivity contribution < 1.29 is 9.53 Å². The lowest BCUT2D eigenvalue weighted by atomic mass is 9.91. The van der Waals surface area contributed by atoms with Crippen LogP contribution in [0.1, 0.15) is 42.9 Å². The van der Waals surface area contributed by atoms with Gasteiger partial charge in [0.2, 0.25) is 0 Å². The van der Waals surface area contributed by atoms with Crippen LogP contribution in [0.2, 0.25) is 5.02 Å². The van der Waals surface area contributed by atoms with Crippen LogP contribution in [-0.4, -0.2) is 18.6 Å². The largest absolute Gasteiger partial charge is 0.481 e. The number of carbonyl (C=O) groups is 1. The van der Waals surface area contributed by atoms with Gasteiger partial charge in [0.25, 0.3) is 5.91 Å². The summed E-state index contributed by atoms with van der Waals surface area (Å²) >= 11 is 5.89. The number of halogens is 1. The molecule has 1 amide bonds. The van der Waals surface area contributed by atoms with Gasteiger partial charge in [-0.1, -0.05) is 35.9 Å². The van der Waals surface area contributed by atoms with Crippen LogP contribution < -0.4 is 10.1 Å². The predicted molar refractivity (Wildman–Crippen MR) is 106 cm³/mol. The second-order valence-corrected chi connectivity index (χ2v) is 7.32. The lowest BCUT2D eigenvalue weighted by Gasteiger charge is -2.22. The third kappa shape index (κ3) is 5.01. The molecule has 4 heteroatoms. The first-order valence-electron chi connectivity index (χ1n) is 9.43. The highest BCUT2D eigenvalue weighted by Gasteiger charge is 2.19. The topological polar surface area (TPSA) is 38.3 Å². The molecule has 0 aromatic heterocycles. The van der Waals surface area contributed by atoms with Gasteiger partial charge in [-0.25, -0.2) is 0 Å². The molecule has 1 aliphatic rings. The van der Waals surface area contributed by atoms with Crippen molar-refractivity contribution in [2.24, 2.45) is 0 Å². The van der Waals surface area contributed by atoms with Crippen LogP contribution in [0.15, 0.2) is 42.5 Å². The molecule has 0 saturated carbocycles. The molecule has 0 bridgehead atoms. The maximum absolute atomic E-state index is 12.3. The zero-order valence-electron chi connectivity index (χ0n) is 15.3. The highest BCUT2D eigenvalue weighted by Crippen LogP contribution is 2.30. The molecule has 0 unspecified atom stereocenters. The second kappa shape index (κ2) is 9.09. The average molecular weight is 372 g/mol. The quantitative estimate of drug-likeness (QED) is 0.714. The van der Waals surface area contributed by atoms with E-state index in [0.29, 0.717) is 6.54 Å². The smallest absolute Gasteiger partial charge is 0.260 e. The number of rotatable bonds is 7. The van der Waals surface area contributed by atoms with Gasteiger partial charge < -0.3 is 10.1 Å². The van der Waals surface area contributed by atoms with Gasteiger partial charge in [-0.2, -0.15) is 0 Å². The Hall–Kier alpha value is -2.00. The normalized spacial score (nSPS) is 14.4. The molecule has 0 radical (unpaired) electrons. The molecule has 3 rings (SSSR count). The fourth-order valence-corrected chi connectivity index (χ4v) is 3.53. The Kier molecular flexibility index (Phi) is 6.56. The van der Waals surface area contributed by atoms with Gasteiger partial charge in [0.1, 0.15) is 5.75 Å². The molecule has 1 aliphatic carbocycles. The van der Waals surface area contributed by atoms with Crippen LogP contribution in [0.5, 0.6) is 5.75 Å². The summed E-state index contributed by atoms with van der Waals surface area (Å²) in [5, 5.41) is 3.72. The molecule has 138 valence electrons. The van der Waals surface area contributed by atoms with E-state index in [1.54, 1.807) is 0 Å². The summed E-state index contributed by atoms with van der Waals surface area (Å²) < 4.78 is 5.98. The summed E-state index contributed by atoms with van der Waals surface area (Å²) in [6.07, 6.45) is 5.90. The van der Waals surface area contributed by atoms with Crippen molar-refractivity contribution in [2.45, 2.75) is 51.6 Å². The maximum Gasteiger partial charge on any atom is 0.260 e. The Morgan fingerprint density at radius 3 is 2.73 bits per heavy atom. The number of carbonyl (C=O) groups excluding carboxylic acids is 1. The first kappa shape index (κ1) is 18.8. The van der Waals surface area contributed by atoms with Crippen LogP contribution in [0.25, 0.3) is 0 Å². The Balaban J connectivity index is 1.45. The first-order chi connectivity index (χ1) is 12.6. The first-order valence-corrected chi connectivity index (χ1v) is 9.81. The molecule has 0 saturated heterocycles. The zero-order valence-corrected chi connectivity index (χ0v) is 16.0. The van der Waals surface area contributed by atoms with Crippen molar-refractivity contribution in [1.82, 2.24) is 5.32 Å². The molecule has 0 aliphatic heterocycles. The molecule has 1 N–H and O–H groups in total. The summed E-state index contributed by atoms with van der Waals surface area (Å²) in [4.78, 5) is 12.3. The Morgan fingerprint density at radius 1 is 1.15 bits per heavy atom. The van der Waals surface area contributed by atoms with Crippen molar-refractivity contribution in [1.29, 1.82) is 0 Å². The van der Waals surface area contributed by atoms with Gasteiger partial charge in [-0.05, 0) is 80.3 Å². The van der Waals surface area contributed by atoms with E-state index < -0.39 is 6.10 Å². The van der Waals surface area contributed by atoms with Gasteiger partial charge in [0.05, 0.1) is 0 Å². The lowest BCUT2D eigenvalue weighted by Crippen LogP contribution is -2.37. The van der Waals surface area contributed by atoms with Gasteiger partial charge >= 0.3 is 0 Å². The minimum absolute atomic E-state index is 0.0606. The van der Waals surface area contributed by atoms with Crippen LogP contribution in [0, 0.1) is 0 Å². The molecule has 26 heavy (non-hydrogen) atoms. The third-order valence-electron chi connectivity index (χ3n) is 4.88. The maximum atomic E-state index is 12.3. The van der Waals surface area contributed by atoms with Crippen LogP contribution in [-0.2, 0) is 24.1 Å². The zero-order chi connectivity index (χ0) is 18.4. The average Bonchev–Trinajstić information content (AvgIpc) is 2.66. The number of fused-ring (bicyclic) bond motifs is 1. The third-order valence-corrected chi connectivity index (χ3v) is 5.13. The molecule has 0 spiro atoms. The number of amides is 1. The van der Waals surface area contributed by atoms with Crippen molar-refractivity contribution in [3.05, 3.63) is 64.2 Å².